The first-order valence-electron chi connectivity index (χ1n) is 5.66. The normalized spacial score (nSPS) is 11.7. The number of alkyl halides is 1. The van der Waals surface area contributed by atoms with Gasteiger partial charge in [-0.05, 0) is 25.5 Å². The molecular weight excluding hydrogens is 320 g/mol. The van der Waals surface area contributed by atoms with Crippen LogP contribution < -0.4 is 0 Å². The maximum atomic E-state index is 11.7. The fraction of sp³-hybridized carbons (Fsp3) is 0.500. The molecule has 0 radical (unpaired) electrons. The van der Waals surface area contributed by atoms with E-state index < -0.39 is 10.1 Å². The zero-order chi connectivity index (χ0) is 13.4. The monoisotopic (exact) mass is 336 g/mol. The van der Waals surface area contributed by atoms with Gasteiger partial charge < -0.3 is 4.74 Å². The van der Waals surface area contributed by atoms with Gasteiger partial charge in [-0.15, -0.1) is 0 Å². The average molecular weight is 337 g/mol. The van der Waals surface area contributed by atoms with Crippen molar-refractivity contribution in [2.75, 3.05) is 25.2 Å². The summed E-state index contributed by atoms with van der Waals surface area (Å²) in [5.41, 5.74) is 1.01. The molecule has 6 heteroatoms. The van der Waals surface area contributed by atoms with Crippen LogP contribution in [0.15, 0.2) is 29.2 Å². The summed E-state index contributed by atoms with van der Waals surface area (Å²) in [4.78, 5) is 0.175. The van der Waals surface area contributed by atoms with Crippen molar-refractivity contribution >= 4 is 26.0 Å². The molecule has 1 aromatic carbocycles. The van der Waals surface area contributed by atoms with Gasteiger partial charge in [0.05, 0.1) is 18.1 Å². The first-order chi connectivity index (χ1) is 8.56. The van der Waals surface area contributed by atoms with Crippen molar-refractivity contribution in [1.82, 2.24) is 0 Å². The highest BCUT2D eigenvalue weighted by molar-refractivity contribution is 9.09. The van der Waals surface area contributed by atoms with Crippen LogP contribution in [-0.2, 0) is 19.0 Å². The summed E-state index contributed by atoms with van der Waals surface area (Å²) in [6.45, 7) is 2.81. The maximum Gasteiger partial charge on any atom is 0.297 e. The first-order valence-corrected chi connectivity index (χ1v) is 8.19. The minimum Gasteiger partial charge on any atom is -0.379 e. The van der Waals surface area contributed by atoms with Crippen LogP contribution in [0.1, 0.15) is 12.0 Å². The Hall–Kier alpha value is -0.430. The lowest BCUT2D eigenvalue weighted by molar-refractivity contribution is 0.103. The highest BCUT2D eigenvalue weighted by Crippen LogP contribution is 2.12. The summed E-state index contributed by atoms with van der Waals surface area (Å²) in [6, 6.07) is 6.55. The molecular formula is C12H17BrO4S. The van der Waals surface area contributed by atoms with Crippen molar-refractivity contribution in [2.24, 2.45) is 0 Å². The van der Waals surface area contributed by atoms with E-state index in [1.165, 1.54) is 12.1 Å². The Morgan fingerprint density at radius 2 is 1.78 bits per heavy atom. The molecule has 0 bridgehead atoms. The Balaban J connectivity index is 2.38. The lowest BCUT2D eigenvalue weighted by Crippen LogP contribution is -2.12. The maximum absolute atomic E-state index is 11.7. The molecule has 0 spiro atoms. The van der Waals surface area contributed by atoms with E-state index in [0.717, 1.165) is 17.3 Å². The molecule has 0 heterocycles. The molecule has 0 saturated heterocycles. The minimum atomic E-state index is -3.66. The van der Waals surface area contributed by atoms with Crippen LogP contribution in [0.4, 0.5) is 0 Å². The number of halogens is 1. The number of benzene rings is 1. The molecule has 102 valence electrons. The standard InChI is InChI=1S/C12H17BrO4S/c1-11-3-5-12(6-4-11)18(14,15)17-10-9-16-8-2-7-13/h3-6H,2,7-10H2,1H3. The van der Waals surface area contributed by atoms with Crippen LogP contribution >= 0.6 is 15.9 Å². The summed E-state index contributed by atoms with van der Waals surface area (Å²) in [6.07, 6.45) is 0.894. The van der Waals surface area contributed by atoms with Crippen molar-refractivity contribution in [3.8, 4) is 0 Å². The fourth-order valence-electron chi connectivity index (χ4n) is 1.23. The summed E-state index contributed by atoms with van der Waals surface area (Å²) >= 11 is 3.28. The molecule has 0 saturated carbocycles. The molecule has 1 rings (SSSR count). The van der Waals surface area contributed by atoms with Crippen LogP contribution in [0.3, 0.4) is 0 Å². The smallest absolute Gasteiger partial charge is 0.297 e. The lowest BCUT2D eigenvalue weighted by atomic mass is 10.2. The lowest BCUT2D eigenvalue weighted by Gasteiger charge is -2.06. The molecule has 4 nitrogen and oxygen atoms in total. The predicted molar refractivity (Wildman–Crippen MR) is 73.5 cm³/mol. The second-order valence-corrected chi connectivity index (χ2v) is 6.15. The van der Waals surface area contributed by atoms with Gasteiger partial charge in [-0.2, -0.15) is 8.42 Å². The van der Waals surface area contributed by atoms with Crippen LogP contribution in [0, 0.1) is 6.92 Å². The Bertz CT molecular complexity index is 442. The second-order valence-electron chi connectivity index (χ2n) is 3.74. The van der Waals surface area contributed by atoms with Crippen LogP contribution in [0.5, 0.6) is 0 Å². The zero-order valence-electron chi connectivity index (χ0n) is 10.3. The third-order valence-corrected chi connectivity index (χ3v) is 4.09. The van der Waals surface area contributed by atoms with Crippen molar-refractivity contribution < 1.29 is 17.3 Å². The van der Waals surface area contributed by atoms with Crippen molar-refractivity contribution in [3.05, 3.63) is 29.8 Å². The van der Waals surface area contributed by atoms with Gasteiger partial charge in [-0.25, -0.2) is 0 Å². The summed E-state index contributed by atoms with van der Waals surface area (Å²) < 4.78 is 33.6. The van der Waals surface area contributed by atoms with Gasteiger partial charge in [0.25, 0.3) is 10.1 Å². The fourth-order valence-corrected chi connectivity index (χ4v) is 2.36. The molecule has 1 aromatic rings. The Morgan fingerprint density at radius 3 is 2.39 bits per heavy atom. The third-order valence-electron chi connectivity index (χ3n) is 2.20. The molecule has 0 fully saturated rings. The summed E-state index contributed by atoms with van der Waals surface area (Å²) in [5, 5.41) is 0.871. The van der Waals surface area contributed by atoms with E-state index in [1.807, 2.05) is 6.92 Å². The molecule has 0 N–H and O–H groups in total. The molecule has 0 unspecified atom stereocenters. The SMILES string of the molecule is Cc1ccc(S(=O)(=O)OCCOCCCBr)cc1. The molecule has 0 aliphatic rings. The van der Waals surface area contributed by atoms with Crippen LogP contribution in [-0.4, -0.2) is 33.6 Å². The van der Waals surface area contributed by atoms with Gasteiger partial charge >= 0.3 is 0 Å². The molecule has 0 aliphatic heterocycles. The highest BCUT2D eigenvalue weighted by atomic mass is 79.9. The number of aryl methyl sites for hydroxylation is 1. The largest absolute Gasteiger partial charge is 0.379 e. The number of hydrogen-bond acceptors (Lipinski definition) is 4. The Morgan fingerprint density at radius 1 is 1.11 bits per heavy atom. The summed E-state index contributed by atoms with van der Waals surface area (Å²) in [5.74, 6) is 0. The quantitative estimate of drug-likeness (QED) is 0.416. The van der Waals surface area contributed by atoms with Gasteiger partial charge in [0.2, 0.25) is 0 Å². The van der Waals surface area contributed by atoms with Crippen molar-refractivity contribution in [1.29, 1.82) is 0 Å². The Labute approximate surface area is 117 Å². The molecule has 0 atom stereocenters. The van der Waals surface area contributed by atoms with Gasteiger partial charge in [0, 0.05) is 11.9 Å². The Kier molecular flexibility index (Phi) is 6.85. The average Bonchev–Trinajstić information content (AvgIpc) is 2.34. The van der Waals surface area contributed by atoms with E-state index in [-0.39, 0.29) is 18.1 Å². The topological polar surface area (TPSA) is 52.6 Å². The van der Waals surface area contributed by atoms with E-state index in [0.29, 0.717) is 6.61 Å². The van der Waals surface area contributed by atoms with E-state index in [9.17, 15) is 8.42 Å². The molecule has 0 amide bonds. The number of rotatable bonds is 8. The van der Waals surface area contributed by atoms with Gasteiger partial charge in [0.15, 0.2) is 0 Å². The van der Waals surface area contributed by atoms with E-state index in [2.05, 4.69) is 15.9 Å². The summed E-state index contributed by atoms with van der Waals surface area (Å²) in [7, 11) is -3.66. The first kappa shape index (κ1) is 15.6. The van der Waals surface area contributed by atoms with Gasteiger partial charge in [-0.3, -0.25) is 4.18 Å². The van der Waals surface area contributed by atoms with Crippen molar-refractivity contribution in [3.63, 3.8) is 0 Å². The molecule has 0 aliphatic carbocycles. The van der Waals surface area contributed by atoms with Crippen LogP contribution in [0.2, 0.25) is 0 Å². The second kappa shape index (κ2) is 7.89. The van der Waals surface area contributed by atoms with Crippen molar-refractivity contribution in [2.45, 2.75) is 18.2 Å². The molecule has 18 heavy (non-hydrogen) atoms. The van der Waals surface area contributed by atoms with Gasteiger partial charge in [0.1, 0.15) is 0 Å². The molecule has 0 aromatic heterocycles. The highest BCUT2D eigenvalue weighted by Gasteiger charge is 2.14. The third kappa shape index (κ3) is 5.48. The minimum absolute atomic E-state index is 0.0402. The van der Waals surface area contributed by atoms with E-state index in [1.54, 1.807) is 12.1 Å². The number of ether oxygens (including phenoxy) is 1. The van der Waals surface area contributed by atoms with Gasteiger partial charge in [-0.1, -0.05) is 33.6 Å². The van der Waals surface area contributed by atoms with E-state index >= 15 is 0 Å². The zero-order valence-corrected chi connectivity index (χ0v) is 12.7. The predicted octanol–water partition coefficient (Wildman–Crippen LogP) is 2.50. The van der Waals surface area contributed by atoms with Crippen LogP contribution in [0.25, 0.3) is 0 Å². The number of hydrogen-bond donors (Lipinski definition) is 0. The van der Waals surface area contributed by atoms with E-state index in [4.69, 9.17) is 8.92 Å².